The van der Waals surface area contributed by atoms with E-state index in [0.717, 1.165) is 11.2 Å². The summed E-state index contributed by atoms with van der Waals surface area (Å²) in [6.45, 7) is 0. The van der Waals surface area contributed by atoms with E-state index < -0.39 is 12.3 Å². The highest BCUT2D eigenvalue weighted by Crippen LogP contribution is 2.22. The topological polar surface area (TPSA) is 27.6 Å². The third-order valence-electron chi connectivity index (χ3n) is 1.15. The fourth-order valence-electron chi connectivity index (χ4n) is 0.657. The first-order valence-corrected chi connectivity index (χ1v) is 2.59. The molecule has 10 heavy (non-hydrogen) atoms. The Morgan fingerprint density at radius 1 is 1.60 bits per heavy atom. The van der Waals surface area contributed by atoms with Crippen LogP contribution in [0.15, 0.2) is 5.10 Å². The van der Waals surface area contributed by atoms with E-state index in [-0.39, 0.29) is 0 Å². The Morgan fingerprint density at radius 3 is 2.40 bits per heavy atom. The van der Waals surface area contributed by atoms with Crippen molar-refractivity contribution in [2.24, 2.45) is 5.10 Å². The molecule has 0 aromatic carbocycles. The van der Waals surface area contributed by atoms with Crippen LogP contribution in [0.5, 0.6) is 0 Å². The maximum atomic E-state index is 11.8. The van der Waals surface area contributed by atoms with Crippen LogP contribution < -0.4 is 5.43 Å². The number of nitrogens with one attached hydrogen (secondary N) is 1. The first-order chi connectivity index (χ1) is 4.52. The van der Waals surface area contributed by atoms with Gasteiger partial charge in [-0.15, -0.1) is 0 Å². The van der Waals surface area contributed by atoms with E-state index in [4.69, 9.17) is 0 Å². The average molecular weight is 153 g/mol. The maximum Gasteiger partial charge on any atom is 0.428 e. The minimum Gasteiger partial charge on any atom is -0.335 e. The van der Waals surface area contributed by atoms with Gasteiger partial charge in [-0.2, -0.15) is 18.3 Å². The molecular formula is C4H6F3N3. The first kappa shape index (κ1) is 7.17. The smallest absolute Gasteiger partial charge is 0.335 e. The fraction of sp³-hybridized carbons (Fsp3) is 0.750. The summed E-state index contributed by atoms with van der Waals surface area (Å²) < 4.78 is 35.5. The highest BCUT2D eigenvalue weighted by atomic mass is 19.4. The zero-order valence-corrected chi connectivity index (χ0v) is 5.18. The van der Waals surface area contributed by atoms with Crippen molar-refractivity contribution in [2.45, 2.75) is 12.3 Å². The molecule has 1 aliphatic heterocycles. The highest BCUT2D eigenvalue weighted by Gasteiger charge is 2.43. The van der Waals surface area contributed by atoms with Crippen LogP contribution in [-0.4, -0.2) is 30.6 Å². The van der Waals surface area contributed by atoms with Gasteiger partial charge in [0.2, 0.25) is 6.17 Å². The lowest BCUT2D eigenvalue weighted by Gasteiger charge is -2.21. The Bertz CT molecular complexity index is 152. The van der Waals surface area contributed by atoms with Crippen LogP contribution in [0.3, 0.4) is 0 Å². The minimum atomic E-state index is -4.26. The predicted molar refractivity (Wildman–Crippen MR) is 29.2 cm³/mol. The van der Waals surface area contributed by atoms with Crippen LogP contribution in [0, 0.1) is 0 Å². The lowest BCUT2D eigenvalue weighted by Crippen LogP contribution is -2.46. The zero-order valence-electron chi connectivity index (χ0n) is 5.18. The number of rotatable bonds is 0. The molecule has 0 saturated carbocycles. The van der Waals surface area contributed by atoms with Crippen LogP contribution >= 0.6 is 0 Å². The zero-order chi connectivity index (χ0) is 7.78. The molecule has 0 saturated heterocycles. The Morgan fingerprint density at radius 2 is 2.20 bits per heavy atom. The molecule has 1 N–H and O–H groups in total. The summed E-state index contributed by atoms with van der Waals surface area (Å²) in [7, 11) is 1.31. The van der Waals surface area contributed by atoms with Crippen LogP contribution in [-0.2, 0) is 0 Å². The lowest BCUT2D eigenvalue weighted by atomic mass is 10.5. The highest BCUT2D eigenvalue weighted by molar-refractivity contribution is 5.56. The molecule has 58 valence electrons. The standard InChI is InChI=1S/C4H6F3N3/c1-10-2-8-9-3(10)4(5,6)7/h2-3,9H,1H3. The molecule has 6 heteroatoms. The second-order valence-corrected chi connectivity index (χ2v) is 1.98. The van der Waals surface area contributed by atoms with E-state index >= 15 is 0 Å². The van der Waals surface area contributed by atoms with Gasteiger partial charge < -0.3 is 4.90 Å². The molecule has 3 nitrogen and oxygen atoms in total. The number of nitrogens with zero attached hydrogens (tertiary/aromatic N) is 2. The molecule has 1 rings (SSSR count). The Hall–Kier alpha value is -0.940. The number of hydrogen-bond donors (Lipinski definition) is 1. The van der Waals surface area contributed by atoms with E-state index in [1.807, 2.05) is 5.43 Å². The van der Waals surface area contributed by atoms with E-state index in [1.54, 1.807) is 0 Å². The predicted octanol–water partition coefficient (Wildman–Crippen LogP) is 0.353. The van der Waals surface area contributed by atoms with Crippen molar-refractivity contribution >= 4 is 6.34 Å². The molecule has 0 fully saturated rings. The Labute approximate surface area is 55.5 Å². The molecule has 1 heterocycles. The van der Waals surface area contributed by atoms with Crippen molar-refractivity contribution in [3.05, 3.63) is 0 Å². The largest absolute Gasteiger partial charge is 0.428 e. The van der Waals surface area contributed by atoms with Gasteiger partial charge in [-0.1, -0.05) is 0 Å². The monoisotopic (exact) mass is 153 g/mol. The molecule has 0 aromatic heterocycles. The molecule has 0 aromatic rings. The van der Waals surface area contributed by atoms with Crippen LogP contribution in [0.4, 0.5) is 13.2 Å². The second kappa shape index (κ2) is 2.03. The van der Waals surface area contributed by atoms with Crippen LogP contribution in [0.1, 0.15) is 0 Å². The molecule has 0 aliphatic carbocycles. The van der Waals surface area contributed by atoms with Crippen LogP contribution in [0.2, 0.25) is 0 Å². The third-order valence-corrected chi connectivity index (χ3v) is 1.15. The normalized spacial score (nSPS) is 25.2. The summed E-state index contributed by atoms with van der Waals surface area (Å²) >= 11 is 0. The van der Waals surface area contributed by atoms with E-state index in [9.17, 15) is 13.2 Å². The molecule has 1 unspecified atom stereocenters. The summed E-state index contributed by atoms with van der Waals surface area (Å²) in [5.41, 5.74) is 1.92. The van der Waals surface area contributed by atoms with Gasteiger partial charge in [-0.05, 0) is 0 Å². The molecule has 0 bridgehead atoms. The van der Waals surface area contributed by atoms with Gasteiger partial charge in [0, 0.05) is 7.05 Å². The van der Waals surface area contributed by atoms with Crippen LogP contribution in [0.25, 0.3) is 0 Å². The number of alkyl halides is 3. The molecule has 0 spiro atoms. The molecule has 1 atom stereocenters. The van der Waals surface area contributed by atoms with Gasteiger partial charge in [0.1, 0.15) is 6.34 Å². The van der Waals surface area contributed by atoms with Gasteiger partial charge >= 0.3 is 6.18 Å². The Balaban J connectivity index is 2.60. The summed E-state index contributed by atoms with van der Waals surface area (Å²) in [5, 5.41) is 3.24. The lowest BCUT2D eigenvalue weighted by molar-refractivity contribution is -0.174. The number of halogens is 3. The number of hydrogen-bond acceptors (Lipinski definition) is 3. The van der Waals surface area contributed by atoms with Gasteiger partial charge in [0.15, 0.2) is 0 Å². The molecule has 0 amide bonds. The summed E-state index contributed by atoms with van der Waals surface area (Å²) in [6.07, 6.45) is -4.82. The minimum absolute atomic E-state index is 0.958. The number of hydrazone groups is 1. The summed E-state index contributed by atoms with van der Waals surface area (Å²) in [6, 6.07) is 0. The van der Waals surface area contributed by atoms with Crippen molar-refractivity contribution in [2.75, 3.05) is 7.05 Å². The molecular weight excluding hydrogens is 147 g/mol. The van der Waals surface area contributed by atoms with E-state index in [0.29, 0.717) is 0 Å². The van der Waals surface area contributed by atoms with Crippen molar-refractivity contribution < 1.29 is 13.2 Å². The van der Waals surface area contributed by atoms with Crippen molar-refractivity contribution in [3.63, 3.8) is 0 Å². The third kappa shape index (κ3) is 1.14. The fourth-order valence-corrected chi connectivity index (χ4v) is 0.657. The SMILES string of the molecule is CN1C=NNC1C(F)(F)F. The van der Waals surface area contributed by atoms with Gasteiger partial charge in [0.05, 0.1) is 0 Å². The maximum absolute atomic E-state index is 11.8. The van der Waals surface area contributed by atoms with Gasteiger partial charge in [-0.25, -0.2) is 0 Å². The summed E-state index contributed by atoms with van der Waals surface area (Å²) in [5.74, 6) is 0. The average Bonchev–Trinajstić information content (AvgIpc) is 2.11. The van der Waals surface area contributed by atoms with Crippen molar-refractivity contribution in [1.29, 1.82) is 0 Å². The van der Waals surface area contributed by atoms with Crippen molar-refractivity contribution in [1.82, 2.24) is 10.3 Å². The van der Waals surface area contributed by atoms with E-state index in [1.165, 1.54) is 7.05 Å². The second-order valence-electron chi connectivity index (χ2n) is 1.98. The quantitative estimate of drug-likeness (QED) is 0.543. The molecule has 0 radical (unpaired) electrons. The van der Waals surface area contributed by atoms with Gasteiger partial charge in [0.25, 0.3) is 0 Å². The van der Waals surface area contributed by atoms with Crippen molar-refractivity contribution in [3.8, 4) is 0 Å². The summed E-state index contributed by atoms with van der Waals surface area (Å²) in [4.78, 5) is 0.958. The molecule has 1 aliphatic rings. The van der Waals surface area contributed by atoms with E-state index in [2.05, 4.69) is 5.10 Å². The van der Waals surface area contributed by atoms with Gasteiger partial charge in [-0.3, -0.25) is 5.43 Å². The Kier molecular flexibility index (Phi) is 1.46. The first-order valence-electron chi connectivity index (χ1n) is 2.59.